The number of benzene rings is 1. The molecule has 0 aliphatic rings. The first-order valence-electron chi connectivity index (χ1n) is 4.44. The van der Waals surface area contributed by atoms with Gasteiger partial charge in [-0.25, -0.2) is 0 Å². The molecule has 1 aromatic rings. The lowest BCUT2D eigenvalue weighted by Crippen LogP contribution is -2.08. The molecule has 0 radical (unpaired) electrons. The molecule has 0 fully saturated rings. The van der Waals surface area contributed by atoms with Crippen molar-refractivity contribution in [3.63, 3.8) is 0 Å². The Morgan fingerprint density at radius 2 is 2.23 bits per heavy atom. The van der Waals surface area contributed by atoms with Crippen LogP contribution < -0.4 is 11.1 Å². The van der Waals surface area contributed by atoms with Crippen LogP contribution in [-0.2, 0) is 6.42 Å². The molecule has 1 aromatic carbocycles. The van der Waals surface area contributed by atoms with E-state index >= 15 is 0 Å². The lowest BCUT2D eigenvalue weighted by molar-refractivity contribution is 1.12. The Hall–Kier alpha value is -1.44. The van der Waals surface area contributed by atoms with E-state index in [0.717, 1.165) is 12.1 Å². The summed E-state index contributed by atoms with van der Waals surface area (Å²) in [7, 11) is 0. The average molecular weight is 176 g/mol. The van der Waals surface area contributed by atoms with Crippen molar-refractivity contribution in [3.8, 4) is 0 Å². The SMILES string of the molecule is C=C(N)Nc1ccc(C)cc1CC. The van der Waals surface area contributed by atoms with Gasteiger partial charge in [-0.15, -0.1) is 0 Å². The van der Waals surface area contributed by atoms with Gasteiger partial charge in [-0.2, -0.15) is 0 Å². The Labute approximate surface area is 79.5 Å². The van der Waals surface area contributed by atoms with Crippen LogP contribution >= 0.6 is 0 Å². The maximum atomic E-state index is 5.48. The maximum Gasteiger partial charge on any atom is 0.0930 e. The molecule has 3 N–H and O–H groups in total. The van der Waals surface area contributed by atoms with Crippen LogP contribution in [0.1, 0.15) is 18.1 Å². The smallest absolute Gasteiger partial charge is 0.0930 e. The van der Waals surface area contributed by atoms with Crippen molar-refractivity contribution in [2.24, 2.45) is 5.73 Å². The molecule has 0 aromatic heterocycles. The molecule has 2 nitrogen and oxygen atoms in total. The highest BCUT2D eigenvalue weighted by atomic mass is 15.0. The standard InChI is InChI=1S/C11H16N2/c1-4-10-7-8(2)5-6-11(10)13-9(3)12/h5-7,13H,3-4,12H2,1-2H3. The van der Waals surface area contributed by atoms with E-state index in [0.29, 0.717) is 5.82 Å². The van der Waals surface area contributed by atoms with Gasteiger partial charge < -0.3 is 11.1 Å². The number of aryl methyl sites for hydroxylation is 2. The van der Waals surface area contributed by atoms with Crippen molar-refractivity contribution in [1.29, 1.82) is 0 Å². The summed E-state index contributed by atoms with van der Waals surface area (Å²) in [5.41, 5.74) is 9.08. The summed E-state index contributed by atoms with van der Waals surface area (Å²) in [6, 6.07) is 6.25. The molecule has 0 atom stereocenters. The van der Waals surface area contributed by atoms with Crippen LogP contribution in [0.5, 0.6) is 0 Å². The lowest BCUT2D eigenvalue weighted by atomic mass is 10.1. The number of hydrogen-bond donors (Lipinski definition) is 2. The molecule has 2 heteroatoms. The fourth-order valence-corrected chi connectivity index (χ4v) is 1.31. The monoisotopic (exact) mass is 176 g/mol. The minimum absolute atomic E-state index is 0.485. The van der Waals surface area contributed by atoms with Crippen molar-refractivity contribution < 1.29 is 0 Å². The van der Waals surface area contributed by atoms with E-state index in [1.54, 1.807) is 0 Å². The zero-order valence-electron chi connectivity index (χ0n) is 8.22. The molecule has 0 spiro atoms. The fourth-order valence-electron chi connectivity index (χ4n) is 1.31. The van der Waals surface area contributed by atoms with Gasteiger partial charge in [-0.05, 0) is 25.0 Å². The van der Waals surface area contributed by atoms with E-state index in [9.17, 15) is 0 Å². The normalized spacial score (nSPS) is 9.69. The first kappa shape index (κ1) is 9.65. The van der Waals surface area contributed by atoms with Gasteiger partial charge in [-0.3, -0.25) is 0 Å². The second-order valence-corrected chi connectivity index (χ2v) is 3.16. The molecule has 0 unspecified atom stereocenters. The third-order valence-electron chi connectivity index (χ3n) is 1.94. The van der Waals surface area contributed by atoms with Gasteiger partial charge >= 0.3 is 0 Å². The first-order chi connectivity index (χ1) is 6.13. The van der Waals surface area contributed by atoms with Gasteiger partial charge in [0.05, 0.1) is 5.82 Å². The summed E-state index contributed by atoms with van der Waals surface area (Å²) in [6.07, 6.45) is 0.997. The van der Waals surface area contributed by atoms with E-state index in [4.69, 9.17) is 5.73 Å². The topological polar surface area (TPSA) is 38.0 Å². The Morgan fingerprint density at radius 3 is 2.77 bits per heavy atom. The fraction of sp³-hybridized carbons (Fsp3) is 0.273. The minimum atomic E-state index is 0.485. The molecule has 0 amide bonds. The van der Waals surface area contributed by atoms with E-state index < -0.39 is 0 Å². The van der Waals surface area contributed by atoms with Crippen LogP contribution in [0.25, 0.3) is 0 Å². The predicted molar refractivity (Wildman–Crippen MR) is 57.5 cm³/mol. The predicted octanol–water partition coefficient (Wildman–Crippen LogP) is 2.40. The number of anilines is 1. The second kappa shape index (κ2) is 3.99. The van der Waals surface area contributed by atoms with Crippen molar-refractivity contribution in [1.82, 2.24) is 0 Å². The van der Waals surface area contributed by atoms with Gasteiger partial charge in [0.15, 0.2) is 0 Å². The summed E-state index contributed by atoms with van der Waals surface area (Å²) in [4.78, 5) is 0. The van der Waals surface area contributed by atoms with Crippen molar-refractivity contribution in [2.75, 3.05) is 5.32 Å². The molecular weight excluding hydrogens is 160 g/mol. The quantitative estimate of drug-likeness (QED) is 0.742. The van der Waals surface area contributed by atoms with Crippen molar-refractivity contribution in [2.45, 2.75) is 20.3 Å². The van der Waals surface area contributed by atoms with Crippen LogP contribution in [0, 0.1) is 6.92 Å². The molecule has 70 valence electrons. The molecule has 0 aliphatic carbocycles. The highest BCUT2D eigenvalue weighted by molar-refractivity contribution is 5.55. The van der Waals surface area contributed by atoms with Crippen LogP contribution in [0.4, 0.5) is 5.69 Å². The third kappa shape index (κ3) is 2.51. The third-order valence-corrected chi connectivity index (χ3v) is 1.94. The van der Waals surface area contributed by atoms with Gasteiger partial charge in [0, 0.05) is 5.69 Å². The number of hydrogen-bond acceptors (Lipinski definition) is 2. The molecule has 0 saturated heterocycles. The molecule has 1 rings (SSSR count). The van der Waals surface area contributed by atoms with Gasteiger partial charge in [0.25, 0.3) is 0 Å². The summed E-state index contributed by atoms with van der Waals surface area (Å²) in [6.45, 7) is 7.82. The van der Waals surface area contributed by atoms with E-state index in [2.05, 4.69) is 37.9 Å². The molecule has 0 saturated carbocycles. The second-order valence-electron chi connectivity index (χ2n) is 3.16. The molecule has 0 aliphatic heterocycles. The van der Waals surface area contributed by atoms with E-state index in [-0.39, 0.29) is 0 Å². The van der Waals surface area contributed by atoms with E-state index in [1.807, 2.05) is 6.07 Å². The number of nitrogens with one attached hydrogen (secondary N) is 1. The highest BCUT2D eigenvalue weighted by Gasteiger charge is 1.99. The first-order valence-corrected chi connectivity index (χ1v) is 4.44. The van der Waals surface area contributed by atoms with Gasteiger partial charge in [0.1, 0.15) is 0 Å². The Bertz CT molecular complexity index is 316. The van der Waals surface area contributed by atoms with Crippen molar-refractivity contribution in [3.05, 3.63) is 41.7 Å². The van der Waals surface area contributed by atoms with Crippen LogP contribution in [0.15, 0.2) is 30.6 Å². The summed E-state index contributed by atoms with van der Waals surface area (Å²) in [5.74, 6) is 0.485. The Kier molecular flexibility index (Phi) is 2.96. The minimum Gasteiger partial charge on any atom is -0.386 e. The Morgan fingerprint density at radius 1 is 1.54 bits per heavy atom. The van der Waals surface area contributed by atoms with Crippen molar-refractivity contribution >= 4 is 5.69 Å². The summed E-state index contributed by atoms with van der Waals surface area (Å²) < 4.78 is 0. The molecule has 0 bridgehead atoms. The summed E-state index contributed by atoms with van der Waals surface area (Å²) in [5, 5.41) is 3.03. The molecular formula is C11H16N2. The van der Waals surface area contributed by atoms with Gasteiger partial charge in [-0.1, -0.05) is 31.2 Å². The zero-order chi connectivity index (χ0) is 9.84. The molecule has 0 heterocycles. The lowest BCUT2D eigenvalue weighted by Gasteiger charge is -2.10. The van der Waals surface area contributed by atoms with Crippen LogP contribution in [0.2, 0.25) is 0 Å². The average Bonchev–Trinajstić information content (AvgIpc) is 2.07. The Balaban J connectivity index is 2.99. The maximum absolute atomic E-state index is 5.48. The van der Waals surface area contributed by atoms with Crippen LogP contribution in [0.3, 0.4) is 0 Å². The zero-order valence-corrected chi connectivity index (χ0v) is 8.22. The highest BCUT2D eigenvalue weighted by Crippen LogP contribution is 2.18. The number of nitrogens with two attached hydrogens (primary N) is 1. The van der Waals surface area contributed by atoms with Crippen LogP contribution in [-0.4, -0.2) is 0 Å². The van der Waals surface area contributed by atoms with Gasteiger partial charge in [0.2, 0.25) is 0 Å². The van der Waals surface area contributed by atoms with E-state index in [1.165, 1.54) is 11.1 Å². The number of rotatable bonds is 3. The largest absolute Gasteiger partial charge is 0.386 e. The summed E-state index contributed by atoms with van der Waals surface area (Å²) >= 11 is 0. The molecule has 13 heavy (non-hydrogen) atoms.